The van der Waals surface area contributed by atoms with Crippen LogP contribution in [0.2, 0.25) is 5.02 Å². The Morgan fingerprint density at radius 3 is 2.75 bits per heavy atom. The minimum absolute atomic E-state index is 0.149. The zero-order chi connectivity index (χ0) is 17.2. The summed E-state index contributed by atoms with van der Waals surface area (Å²) in [5.41, 5.74) is 1.82. The molecule has 1 saturated carbocycles. The second kappa shape index (κ2) is 7.19. The average molecular weight is 348 g/mol. The Labute approximate surface area is 148 Å². The first-order valence-corrected chi connectivity index (χ1v) is 9.24. The van der Waals surface area contributed by atoms with Crippen LogP contribution in [0.4, 0.5) is 0 Å². The van der Waals surface area contributed by atoms with E-state index in [1.54, 1.807) is 0 Å². The molecule has 3 rings (SSSR count). The molecule has 1 aliphatic rings. The largest absolute Gasteiger partial charge is 0.305 e. The Balaban J connectivity index is 2.00. The fourth-order valence-corrected chi connectivity index (χ4v) is 3.65. The summed E-state index contributed by atoms with van der Waals surface area (Å²) in [6, 6.07) is 5.98. The number of aromatic nitrogens is 4. The topological polar surface area (TPSA) is 55.6 Å². The second-order valence-corrected chi connectivity index (χ2v) is 7.45. The number of hydrogen-bond donors (Lipinski definition) is 1. The molecule has 0 spiro atoms. The predicted octanol–water partition coefficient (Wildman–Crippen LogP) is 4.03. The zero-order valence-electron chi connectivity index (χ0n) is 14.7. The lowest BCUT2D eigenvalue weighted by Gasteiger charge is -2.39. The third-order valence-corrected chi connectivity index (χ3v) is 5.55. The normalized spacial score (nSPS) is 24.2. The van der Waals surface area contributed by atoms with Crippen LogP contribution in [0, 0.1) is 12.8 Å². The van der Waals surface area contributed by atoms with Gasteiger partial charge in [-0.3, -0.25) is 0 Å². The van der Waals surface area contributed by atoms with E-state index in [9.17, 15) is 0 Å². The number of tetrazole rings is 1. The SMILES string of the molecule is CCCNC1(c2nnnn2-c2ccc(C)c(Cl)c2)CCC(C)CC1. The summed E-state index contributed by atoms with van der Waals surface area (Å²) in [6.45, 7) is 7.48. The van der Waals surface area contributed by atoms with Crippen molar-refractivity contribution in [3.8, 4) is 5.69 Å². The highest BCUT2D eigenvalue weighted by Gasteiger charge is 2.40. The monoisotopic (exact) mass is 347 g/mol. The first-order chi connectivity index (χ1) is 11.6. The molecule has 0 radical (unpaired) electrons. The van der Waals surface area contributed by atoms with Crippen molar-refractivity contribution in [1.82, 2.24) is 25.5 Å². The van der Waals surface area contributed by atoms with Crippen LogP contribution >= 0.6 is 11.6 Å². The van der Waals surface area contributed by atoms with E-state index in [0.29, 0.717) is 0 Å². The molecule has 0 atom stereocenters. The molecule has 1 aromatic heterocycles. The number of nitrogens with one attached hydrogen (secondary N) is 1. The van der Waals surface area contributed by atoms with Crippen LogP contribution in [0.3, 0.4) is 0 Å². The number of hydrogen-bond acceptors (Lipinski definition) is 4. The van der Waals surface area contributed by atoms with Gasteiger partial charge in [0.05, 0.1) is 11.2 Å². The maximum atomic E-state index is 6.31. The van der Waals surface area contributed by atoms with E-state index in [1.165, 1.54) is 12.8 Å². The van der Waals surface area contributed by atoms with Crippen molar-refractivity contribution in [2.75, 3.05) is 6.54 Å². The van der Waals surface area contributed by atoms with E-state index in [4.69, 9.17) is 11.6 Å². The van der Waals surface area contributed by atoms with Crippen LogP contribution in [0.1, 0.15) is 57.3 Å². The second-order valence-electron chi connectivity index (χ2n) is 7.04. The first-order valence-electron chi connectivity index (χ1n) is 8.86. The fourth-order valence-electron chi connectivity index (χ4n) is 3.47. The van der Waals surface area contributed by atoms with Crippen molar-refractivity contribution >= 4 is 11.6 Å². The fraction of sp³-hybridized carbons (Fsp3) is 0.611. The first kappa shape index (κ1) is 17.4. The molecule has 1 N–H and O–H groups in total. The molecule has 24 heavy (non-hydrogen) atoms. The zero-order valence-corrected chi connectivity index (χ0v) is 15.5. The van der Waals surface area contributed by atoms with Gasteiger partial charge >= 0.3 is 0 Å². The maximum Gasteiger partial charge on any atom is 0.176 e. The van der Waals surface area contributed by atoms with Crippen molar-refractivity contribution in [2.45, 2.75) is 58.4 Å². The summed E-state index contributed by atoms with van der Waals surface area (Å²) in [7, 11) is 0. The van der Waals surface area contributed by atoms with E-state index >= 15 is 0 Å². The summed E-state index contributed by atoms with van der Waals surface area (Å²) < 4.78 is 1.85. The lowest BCUT2D eigenvalue weighted by molar-refractivity contribution is 0.183. The van der Waals surface area contributed by atoms with Gasteiger partial charge in [-0.15, -0.1) is 5.10 Å². The third-order valence-electron chi connectivity index (χ3n) is 5.14. The molecular formula is C18H26ClN5. The van der Waals surface area contributed by atoms with Crippen molar-refractivity contribution < 1.29 is 0 Å². The molecule has 130 valence electrons. The van der Waals surface area contributed by atoms with Crippen molar-refractivity contribution in [3.05, 3.63) is 34.6 Å². The highest BCUT2D eigenvalue weighted by atomic mass is 35.5. The molecule has 1 fully saturated rings. The van der Waals surface area contributed by atoms with Crippen molar-refractivity contribution in [3.63, 3.8) is 0 Å². The highest BCUT2D eigenvalue weighted by Crippen LogP contribution is 2.39. The van der Waals surface area contributed by atoms with Gasteiger partial charge in [0.2, 0.25) is 0 Å². The quantitative estimate of drug-likeness (QED) is 0.887. The average Bonchev–Trinajstić information content (AvgIpc) is 3.08. The van der Waals surface area contributed by atoms with Gasteiger partial charge in [0.25, 0.3) is 0 Å². The summed E-state index contributed by atoms with van der Waals surface area (Å²) in [6.07, 6.45) is 5.61. The molecule has 5 nitrogen and oxygen atoms in total. The summed E-state index contributed by atoms with van der Waals surface area (Å²) in [4.78, 5) is 0. The van der Waals surface area contributed by atoms with Crippen LogP contribution in [-0.2, 0) is 5.54 Å². The van der Waals surface area contributed by atoms with Gasteiger partial charge in [0.15, 0.2) is 5.82 Å². The number of halogens is 1. The van der Waals surface area contributed by atoms with Gasteiger partial charge in [-0.1, -0.05) is 31.5 Å². The lowest BCUT2D eigenvalue weighted by atomic mass is 9.76. The minimum Gasteiger partial charge on any atom is -0.305 e. The number of aryl methyl sites for hydroxylation is 1. The highest BCUT2D eigenvalue weighted by molar-refractivity contribution is 6.31. The third kappa shape index (κ3) is 3.33. The van der Waals surface area contributed by atoms with E-state index < -0.39 is 0 Å². The smallest absolute Gasteiger partial charge is 0.176 e. The van der Waals surface area contributed by atoms with Crippen LogP contribution in [0.15, 0.2) is 18.2 Å². The molecule has 0 aliphatic heterocycles. The molecule has 0 amide bonds. The molecule has 0 unspecified atom stereocenters. The van der Waals surface area contributed by atoms with Gasteiger partial charge in [-0.25, -0.2) is 0 Å². The van der Waals surface area contributed by atoms with E-state index in [2.05, 4.69) is 34.7 Å². The molecule has 1 heterocycles. The number of rotatable bonds is 5. The van der Waals surface area contributed by atoms with Gasteiger partial charge in [0.1, 0.15) is 0 Å². The molecule has 2 aromatic rings. The molecule has 0 bridgehead atoms. The standard InChI is InChI=1S/C18H26ClN5/c1-4-11-20-18(9-7-13(2)8-10-18)17-21-22-23-24(17)15-6-5-14(3)16(19)12-15/h5-6,12-13,20H,4,7-11H2,1-3H3. The van der Waals surface area contributed by atoms with Crippen molar-refractivity contribution in [2.24, 2.45) is 5.92 Å². The summed E-state index contributed by atoms with van der Waals surface area (Å²) >= 11 is 6.31. The van der Waals surface area contributed by atoms with Gasteiger partial charge in [-0.2, -0.15) is 4.68 Å². The van der Waals surface area contributed by atoms with Crippen LogP contribution in [0.25, 0.3) is 5.69 Å². The Morgan fingerprint density at radius 2 is 2.08 bits per heavy atom. The van der Waals surface area contributed by atoms with E-state index in [-0.39, 0.29) is 5.54 Å². The molecule has 6 heteroatoms. The number of nitrogens with zero attached hydrogens (tertiary/aromatic N) is 4. The molecule has 1 aromatic carbocycles. The minimum atomic E-state index is -0.149. The lowest BCUT2D eigenvalue weighted by Crippen LogP contribution is -2.47. The van der Waals surface area contributed by atoms with Crippen LogP contribution in [0.5, 0.6) is 0 Å². The Hall–Kier alpha value is -1.46. The van der Waals surface area contributed by atoms with Crippen LogP contribution in [-0.4, -0.2) is 26.8 Å². The Kier molecular flexibility index (Phi) is 5.21. The van der Waals surface area contributed by atoms with E-state index in [0.717, 1.165) is 53.8 Å². The van der Waals surface area contributed by atoms with Gasteiger partial charge in [0, 0.05) is 5.02 Å². The summed E-state index contributed by atoms with van der Waals surface area (Å²) in [5, 5.41) is 17.1. The number of benzene rings is 1. The molecule has 1 aliphatic carbocycles. The van der Waals surface area contributed by atoms with Crippen LogP contribution < -0.4 is 5.32 Å². The van der Waals surface area contributed by atoms with Crippen molar-refractivity contribution in [1.29, 1.82) is 0 Å². The maximum absolute atomic E-state index is 6.31. The Morgan fingerprint density at radius 1 is 1.33 bits per heavy atom. The van der Waals surface area contributed by atoms with E-state index in [1.807, 2.05) is 29.8 Å². The molecular weight excluding hydrogens is 322 g/mol. The summed E-state index contributed by atoms with van der Waals surface area (Å²) in [5.74, 6) is 1.67. The Bertz CT molecular complexity index is 683. The van der Waals surface area contributed by atoms with Gasteiger partial charge in [-0.05, 0) is 79.6 Å². The van der Waals surface area contributed by atoms with Gasteiger partial charge < -0.3 is 5.32 Å². The molecule has 0 saturated heterocycles. The predicted molar refractivity (Wildman–Crippen MR) is 96.5 cm³/mol.